The van der Waals surface area contributed by atoms with Crippen molar-refractivity contribution in [1.82, 2.24) is 4.90 Å². The van der Waals surface area contributed by atoms with E-state index in [4.69, 9.17) is 16.3 Å². The minimum absolute atomic E-state index is 0.000816. The Morgan fingerprint density at radius 1 is 1.03 bits per heavy atom. The van der Waals surface area contributed by atoms with Gasteiger partial charge in [-0.1, -0.05) is 74.4 Å². The van der Waals surface area contributed by atoms with Crippen LogP contribution in [0.1, 0.15) is 60.4 Å². The second kappa shape index (κ2) is 10.5. The Morgan fingerprint density at radius 2 is 1.68 bits per heavy atom. The van der Waals surface area contributed by atoms with Gasteiger partial charge in [0.25, 0.3) is 21.8 Å². The maximum absolute atomic E-state index is 13.5. The molecule has 1 atom stereocenters. The number of rotatable bonds is 6. The van der Waals surface area contributed by atoms with Crippen LogP contribution in [0, 0.1) is 0 Å². The molecule has 0 spiro atoms. The largest absolute Gasteiger partial charge is 0.377 e. The van der Waals surface area contributed by atoms with Gasteiger partial charge in [0.1, 0.15) is 0 Å². The summed E-state index contributed by atoms with van der Waals surface area (Å²) in [6, 6.07) is 9.39. The van der Waals surface area contributed by atoms with Crippen molar-refractivity contribution in [3.8, 4) is 0 Å². The SMILES string of the molecule is CO[C@H]1\C=C(CN2C(=O)c3c(Cl)ccc(NS(=O)(=O)c4ccc(C(C)(C)C)cc4)c3C2=O)/C=C\C(C)=C\C1. The fourth-order valence-electron chi connectivity index (χ4n) is 4.36. The molecule has 0 radical (unpaired) electrons. The lowest BCUT2D eigenvalue weighted by molar-refractivity contribution is 0.0668. The van der Waals surface area contributed by atoms with Crippen LogP contribution in [-0.2, 0) is 20.2 Å². The third-order valence-electron chi connectivity index (χ3n) is 6.62. The lowest BCUT2D eigenvalue weighted by atomic mass is 9.87. The number of ether oxygens (including phenoxy) is 1. The number of methoxy groups -OCH3 is 1. The summed E-state index contributed by atoms with van der Waals surface area (Å²) in [4.78, 5) is 28.0. The van der Waals surface area contributed by atoms with Gasteiger partial charge < -0.3 is 4.74 Å². The monoisotopic (exact) mass is 554 g/mol. The molecule has 0 fully saturated rings. The fraction of sp³-hybridized carbons (Fsp3) is 0.310. The summed E-state index contributed by atoms with van der Waals surface area (Å²) in [6.45, 7) is 8.07. The highest BCUT2D eigenvalue weighted by molar-refractivity contribution is 7.92. The van der Waals surface area contributed by atoms with E-state index >= 15 is 0 Å². The topological polar surface area (TPSA) is 92.8 Å². The molecule has 2 aromatic carbocycles. The molecular weight excluding hydrogens is 524 g/mol. The zero-order valence-electron chi connectivity index (χ0n) is 22.0. The molecule has 1 aliphatic carbocycles. The van der Waals surface area contributed by atoms with E-state index in [0.717, 1.165) is 21.6 Å². The van der Waals surface area contributed by atoms with Crippen LogP contribution in [0.25, 0.3) is 0 Å². The van der Waals surface area contributed by atoms with Crippen molar-refractivity contribution in [2.75, 3.05) is 18.4 Å². The Balaban J connectivity index is 1.66. The lowest BCUT2D eigenvalue weighted by Gasteiger charge is -2.19. The number of fused-ring (bicyclic) bond motifs is 1. The number of carbonyl (C=O) groups is 2. The predicted octanol–water partition coefficient (Wildman–Crippen LogP) is 5.88. The molecule has 0 bridgehead atoms. The lowest BCUT2D eigenvalue weighted by Crippen LogP contribution is -2.32. The van der Waals surface area contributed by atoms with E-state index in [1.807, 2.05) is 45.9 Å². The van der Waals surface area contributed by atoms with Crippen LogP contribution in [0.4, 0.5) is 5.69 Å². The first kappa shape index (κ1) is 27.8. The summed E-state index contributed by atoms with van der Waals surface area (Å²) in [5.41, 5.74) is 2.52. The van der Waals surface area contributed by atoms with Crippen LogP contribution in [-0.4, -0.2) is 44.9 Å². The van der Waals surface area contributed by atoms with E-state index in [1.165, 1.54) is 24.3 Å². The molecule has 200 valence electrons. The average molecular weight is 555 g/mol. The molecular formula is C29H31ClN2O5S. The van der Waals surface area contributed by atoms with Crippen LogP contribution in [0.15, 0.2) is 76.7 Å². The number of hydrogen-bond donors (Lipinski definition) is 1. The van der Waals surface area contributed by atoms with Gasteiger partial charge in [-0.3, -0.25) is 19.2 Å². The fourth-order valence-corrected chi connectivity index (χ4v) is 5.67. The maximum atomic E-state index is 13.5. The summed E-state index contributed by atoms with van der Waals surface area (Å²) in [6.07, 6.45) is 8.12. The highest BCUT2D eigenvalue weighted by atomic mass is 35.5. The Kier molecular flexibility index (Phi) is 7.70. The molecule has 38 heavy (non-hydrogen) atoms. The maximum Gasteiger partial charge on any atom is 0.264 e. The van der Waals surface area contributed by atoms with Crippen LogP contribution in [0.3, 0.4) is 0 Å². The standard InChI is InChI=1S/C29H31ClN2O5S/c1-18-6-8-19(16-21(37-5)11-7-18)17-32-27(33)25-23(30)14-15-24(26(25)28(32)34)31-38(35,36)22-12-9-20(10-13-22)29(2,3)4/h6-10,12-16,21,31H,11,17H2,1-5H3/b8-6-,18-7+,19-16+/t21-/m1/s1. The van der Waals surface area contributed by atoms with E-state index in [0.29, 0.717) is 6.42 Å². The quantitative estimate of drug-likeness (QED) is 0.450. The molecule has 0 saturated carbocycles. The summed E-state index contributed by atoms with van der Waals surface area (Å²) < 4.78 is 34.4. The number of nitrogens with zero attached hydrogens (tertiary/aromatic N) is 1. The molecule has 2 aromatic rings. The molecule has 2 aliphatic rings. The number of imide groups is 1. The van der Waals surface area contributed by atoms with Gasteiger partial charge in [0, 0.05) is 7.11 Å². The van der Waals surface area contributed by atoms with Crippen LogP contribution < -0.4 is 4.72 Å². The Labute approximate surface area is 228 Å². The zero-order valence-corrected chi connectivity index (χ0v) is 23.6. The Bertz CT molecular complexity index is 1480. The summed E-state index contributed by atoms with van der Waals surface area (Å²) in [5, 5.41) is 0.0778. The first-order valence-corrected chi connectivity index (χ1v) is 14.1. The van der Waals surface area contributed by atoms with Crippen molar-refractivity contribution >= 4 is 39.1 Å². The minimum atomic E-state index is -4.04. The van der Waals surface area contributed by atoms with Crippen LogP contribution in [0.5, 0.6) is 0 Å². The molecule has 7 nitrogen and oxygen atoms in total. The number of sulfonamides is 1. The molecule has 0 saturated heterocycles. The molecule has 0 unspecified atom stereocenters. The van der Waals surface area contributed by atoms with Crippen molar-refractivity contribution in [2.24, 2.45) is 0 Å². The molecule has 1 aliphatic heterocycles. The third kappa shape index (κ3) is 5.62. The molecule has 4 rings (SSSR count). The number of hydrogen-bond acceptors (Lipinski definition) is 5. The first-order chi connectivity index (χ1) is 17.8. The number of carbonyl (C=O) groups excluding carboxylic acids is 2. The van der Waals surface area contributed by atoms with E-state index in [2.05, 4.69) is 10.8 Å². The highest BCUT2D eigenvalue weighted by Crippen LogP contribution is 2.36. The van der Waals surface area contributed by atoms with Crippen molar-refractivity contribution in [3.05, 3.63) is 93.6 Å². The number of anilines is 1. The molecule has 1 N–H and O–H groups in total. The second-order valence-corrected chi connectivity index (χ2v) is 12.5. The van der Waals surface area contributed by atoms with Crippen molar-refractivity contribution in [1.29, 1.82) is 0 Å². The summed E-state index contributed by atoms with van der Waals surface area (Å²) in [7, 11) is -2.44. The van der Waals surface area contributed by atoms with E-state index in [-0.39, 0.29) is 44.8 Å². The van der Waals surface area contributed by atoms with E-state index in [1.54, 1.807) is 19.2 Å². The van der Waals surface area contributed by atoms with Crippen molar-refractivity contribution in [3.63, 3.8) is 0 Å². The van der Waals surface area contributed by atoms with Gasteiger partial charge in [-0.25, -0.2) is 8.42 Å². The molecule has 1 heterocycles. The van der Waals surface area contributed by atoms with Gasteiger partial charge in [0.05, 0.1) is 39.4 Å². The average Bonchev–Trinajstić information content (AvgIpc) is 3.10. The van der Waals surface area contributed by atoms with Gasteiger partial charge in [0.2, 0.25) is 0 Å². The normalized spacial score (nSPS) is 21.6. The van der Waals surface area contributed by atoms with Gasteiger partial charge >= 0.3 is 0 Å². The molecule has 0 aromatic heterocycles. The number of benzene rings is 2. The molecule has 9 heteroatoms. The van der Waals surface area contributed by atoms with Gasteiger partial charge in [-0.2, -0.15) is 0 Å². The number of halogens is 1. The third-order valence-corrected chi connectivity index (χ3v) is 8.32. The first-order valence-electron chi connectivity index (χ1n) is 12.2. The zero-order chi connectivity index (χ0) is 27.8. The number of nitrogens with one attached hydrogen (secondary N) is 1. The summed E-state index contributed by atoms with van der Waals surface area (Å²) in [5.74, 6) is -1.20. The van der Waals surface area contributed by atoms with E-state index in [9.17, 15) is 18.0 Å². The Hall–Kier alpha value is -3.20. The molecule has 2 amide bonds. The van der Waals surface area contributed by atoms with Gasteiger partial charge in [-0.15, -0.1) is 0 Å². The smallest absolute Gasteiger partial charge is 0.264 e. The number of amides is 2. The van der Waals surface area contributed by atoms with Crippen LogP contribution in [0.2, 0.25) is 5.02 Å². The highest BCUT2D eigenvalue weighted by Gasteiger charge is 2.40. The summed E-state index contributed by atoms with van der Waals surface area (Å²) >= 11 is 6.34. The van der Waals surface area contributed by atoms with Crippen LogP contribution >= 0.6 is 11.6 Å². The predicted molar refractivity (Wildman–Crippen MR) is 149 cm³/mol. The Morgan fingerprint density at radius 3 is 2.32 bits per heavy atom. The van der Waals surface area contributed by atoms with E-state index < -0.39 is 21.8 Å². The van der Waals surface area contributed by atoms with Crippen molar-refractivity contribution in [2.45, 2.75) is 50.5 Å². The van der Waals surface area contributed by atoms with Gasteiger partial charge in [0.15, 0.2) is 0 Å². The van der Waals surface area contributed by atoms with Gasteiger partial charge in [-0.05, 0) is 54.2 Å². The second-order valence-electron chi connectivity index (χ2n) is 10.5. The minimum Gasteiger partial charge on any atom is -0.377 e. The number of allylic oxidation sites excluding steroid dienone is 2. The van der Waals surface area contributed by atoms with Crippen molar-refractivity contribution < 1.29 is 22.7 Å².